The van der Waals surface area contributed by atoms with E-state index in [0.717, 1.165) is 0 Å². The van der Waals surface area contributed by atoms with Crippen LogP contribution in [-0.4, -0.2) is 37.0 Å². The van der Waals surface area contributed by atoms with Crippen molar-refractivity contribution < 1.29 is 36.6 Å². The molecule has 0 heterocycles. The van der Waals surface area contributed by atoms with Gasteiger partial charge in [0.05, 0.1) is 11.1 Å². The molecule has 0 N–H and O–H groups in total. The van der Waals surface area contributed by atoms with E-state index in [1.165, 1.54) is 31.2 Å². The van der Waals surface area contributed by atoms with Crippen molar-refractivity contribution in [3.8, 4) is 0 Å². The van der Waals surface area contributed by atoms with Gasteiger partial charge in [0, 0.05) is 6.42 Å². The summed E-state index contributed by atoms with van der Waals surface area (Å²) < 4.78 is 59.7. The monoisotopic (exact) mass is 458 g/mol. The van der Waals surface area contributed by atoms with Gasteiger partial charge >= 0.3 is 11.9 Å². The number of esters is 2. The highest BCUT2D eigenvalue weighted by Crippen LogP contribution is 2.18. The van der Waals surface area contributed by atoms with E-state index in [4.69, 9.17) is 0 Å². The van der Waals surface area contributed by atoms with E-state index < -0.39 is 37.0 Å². The number of halogens is 4. The van der Waals surface area contributed by atoms with E-state index in [1.807, 2.05) is 0 Å². The molecule has 4 nitrogen and oxygen atoms in total. The minimum Gasteiger partial charge on any atom is -0.456 e. The maximum Gasteiger partial charge on any atom is 0.338 e. The van der Waals surface area contributed by atoms with Crippen molar-refractivity contribution in [2.45, 2.75) is 40.0 Å². The van der Waals surface area contributed by atoms with Crippen LogP contribution in [0.15, 0.2) is 73.3 Å². The molecule has 2 aromatic carbocycles. The largest absolute Gasteiger partial charge is 0.456 e. The lowest BCUT2D eigenvalue weighted by molar-refractivity contribution is -0.0629. The molecule has 0 aromatic heterocycles. The summed E-state index contributed by atoms with van der Waals surface area (Å²) in [5.74, 6) is -7.60. The molecule has 0 spiro atoms. The first-order valence-corrected chi connectivity index (χ1v) is 8.94. The molecule has 0 unspecified atom stereocenters. The van der Waals surface area contributed by atoms with Gasteiger partial charge in [-0.1, -0.05) is 64.8 Å². The Morgan fingerprint density at radius 1 is 0.812 bits per heavy atom. The Bertz CT molecular complexity index is 809. The van der Waals surface area contributed by atoms with Gasteiger partial charge in [-0.25, -0.2) is 18.4 Å². The van der Waals surface area contributed by atoms with Crippen LogP contribution in [0.5, 0.6) is 0 Å². The lowest BCUT2D eigenvalue weighted by Gasteiger charge is -2.13. The van der Waals surface area contributed by atoms with Gasteiger partial charge < -0.3 is 9.47 Å². The van der Waals surface area contributed by atoms with E-state index in [-0.39, 0.29) is 32.4 Å². The standard InChI is InChI=1S/C11H12F2O2.C11H10F2O2.2CH4/c2*1-2-11(12,13)8-15-10(14)9-6-4-3-5-7-9;;/h3-7H,2,8H2,1H3;2-7H,1,8H2;2*1H4. The summed E-state index contributed by atoms with van der Waals surface area (Å²) in [6.07, 6.45) is 0.111. The van der Waals surface area contributed by atoms with Crippen molar-refractivity contribution in [3.05, 3.63) is 84.4 Å². The normalized spacial score (nSPS) is 10.3. The predicted molar refractivity (Wildman–Crippen MR) is 117 cm³/mol. The molecule has 0 saturated carbocycles. The number of hydrogen-bond donors (Lipinski definition) is 0. The number of alkyl halides is 4. The molecule has 0 atom stereocenters. The van der Waals surface area contributed by atoms with Gasteiger partial charge in [0.15, 0.2) is 13.2 Å². The van der Waals surface area contributed by atoms with E-state index in [9.17, 15) is 27.2 Å². The van der Waals surface area contributed by atoms with Crippen molar-refractivity contribution >= 4 is 11.9 Å². The molecule has 0 aliphatic carbocycles. The molecule has 2 aromatic rings. The zero-order valence-electron chi connectivity index (χ0n) is 16.3. The third kappa shape index (κ3) is 11.9. The van der Waals surface area contributed by atoms with E-state index in [1.54, 1.807) is 36.4 Å². The summed E-state index contributed by atoms with van der Waals surface area (Å²) in [5, 5.41) is 0. The number of carbonyl (C=O) groups is 2. The summed E-state index contributed by atoms with van der Waals surface area (Å²) in [7, 11) is 0. The number of hydrogen-bond acceptors (Lipinski definition) is 4. The van der Waals surface area contributed by atoms with Crippen LogP contribution >= 0.6 is 0 Å². The fraction of sp³-hybridized carbons (Fsp3) is 0.333. The molecular formula is C24H30F4O4. The van der Waals surface area contributed by atoms with Crippen LogP contribution in [0.1, 0.15) is 48.9 Å². The maximum absolute atomic E-state index is 12.8. The average Bonchev–Trinajstić information content (AvgIpc) is 2.77. The maximum atomic E-state index is 12.8. The number of rotatable bonds is 8. The van der Waals surface area contributed by atoms with Gasteiger partial charge in [-0.2, -0.15) is 8.78 Å². The quantitative estimate of drug-likeness (QED) is 0.247. The SMILES string of the molecule is C.C.C=CC(F)(F)COC(=O)c1ccccc1.CCC(F)(F)COC(=O)c1ccccc1. The fourth-order valence-corrected chi connectivity index (χ4v) is 1.81. The molecule has 0 radical (unpaired) electrons. The second kappa shape index (κ2) is 14.8. The minimum atomic E-state index is -3.18. The third-order valence-corrected chi connectivity index (χ3v) is 3.65. The first kappa shape index (κ1) is 31.0. The Hall–Kier alpha value is -3.16. The summed E-state index contributed by atoms with van der Waals surface area (Å²) in [4.78, 5) is 22.5. The second-order valence-electron chi connectivity index (χ2n) is 6.06. The van der Waals surface area contributed by atoms with Crippen molar-refractivity contribution in [2.24, 2.45) is 0 Å². The fourth-order valence-electron chi connectivity index (χ4n) is 1.81. The zero-order valence-corrected chi connectivity index (χ0v) is 16.3. The van der Waals surface area contributed by atoms with Gasteiger partial charge in [-0.05, 0) is 30.3 Å². The summed E-state index contributed by atoms with van der Waals surface area (Å²) in [6, 6.07) is 16.0. The van der Waals surface area contributed by atoms with E-state index >= 15 is 0 Å². The van der Waals surface area contributed by atoms with Gasteiger partial charge in [-0.15, -0.1) is 0 Å². The van der Waals surface area contributed by atoms with Crippen LogP contribution in [0.25, 0.3) is 0 Å². The topological polar surface area (TPSA) is 52.6 Å². The van der Waals surface area contributed by atoms with Crippen molar-refractivity contribution in [2.75, 3.05) is 13.2 Å². The lowest BCUT2D eigenvalue weighted by atomic mass is 10.2. The Morgan fingerprint density at radius 3 is 1.53 bits per heavy atom. The zero-order chi connectivity index (χ0) is 22.6. The molecule has 8 heteroatoms. The highest BCUT2D eigenvalue weighted by atomic mass is 19.3. The Morgan fingerprint density at radius 2 is 1.19 bits per heavy atom. The van der Waals surface area contributed by atoms with Crippen molar-refractivity contribution in [1.82, 2.24) is 0 Å². The van der Waals surface area contributed by atoms with E-state index in [2.05, 4.69) is 16.1 Å². The van der Waals surface area contributed by atoms with Crippen molar-refractivity contribution in [1.29, 1.82) is 0 Å². The van der Waals surface area contributed by atoms with Gasteiger partial charge in [0.1, 0.15) is 0 Å². The van der Waals surface area contributed by atoms with Crippen LogP contribution in [0.3, 0.4) is 0 Å². The molecule has 2 rings (SSSR count). The lowest BCUT2D eigenvalue weighted by Crippen LogP contribution is -2.24. The summed E-state index contributed by atoms with van der Waals surface area (Å²) in [5.41, 5.74) is 0.529. The molecule has 0 aliphatic heterocycles. The molecule has 0 saturated heterocycles. The second-order valence-corrected chi connectivity index (χ2v) is 6.06. The average molecular weight is 458 g/mol. The van der Waals surface area contributed by atoms with Crippen LogP contribution in [-0.2, 0) is 9.47 Å². The predicted octanol–water partition coefficient (Wildman–Crippen LogP) is 6.83. The Kier molecular flexibility index (Phi) is 14.3. The number of ether oxygens (including phenoxy) is 2. The molecular weight excluding hydrogens is 428 g/mol. The third-order valence-electron chi connectivity index (χ3n) is 3.65. The van der Waals surface area contributed by atoms with Crippen LogP contribution in [0.2, 0.25) is 0 Å². The molecule has 0 fully saturated rings. The number of carbonyl (C=O) groups excluding carboxylic acids is 2. The minimum absolute atomic E-state index is 0. The summed E-state index contributed by atoms with van der Waals surface area (Å²) in [6.45, 7) is 2.44. The number of benzene rings is 2. The smallest absolute Gasteiger partial charge is 0.338 e. The van der Waals surface area contributed by atoms with Crippen LogP contribution in [0, 0.1) is 0 Å². The highest BCUT2D eigenvalue weighted by molar-refractivity contribution is 5.89. The molecule has 178 valence electrons. The van der Waals surface area contributed by atoms with Gasteiger partial charge in [-0.3, -0.25) is 0 Å². The molecule has 32 heavy (non-hydrogen) atoms. The molecule has 0 bridgehead atoms. The van der Waals surface area contributed by atoms with Gasteiger partial charge in [0.25, 0.3) is 11.8 Å². The van der Waals surface area contributed by atoms with E-state index in [0.29, 0.717) is 6.08 Å². The molecule has 0 aliphatic rings. The summed E-state index contributed by atoms with van der Waals surface area (Å²) >= 11 is 0. The van der Waals surface area contributed by atoms with Crippen LogP contribution in [0.4, 0.5) is 17.6 Å². The first-order chi connectivity index (χ1) is 14.1. The Labute approximate surface area is 186 Å². The Balaban J connectivity index is 0. The van der Waals surface area contributed by atoms with Crippen molar-refractivity contribution in [3.63, 3.8) is 0 Å². The molecule has 0 amide bonds. The first-order valence-electron chi connectivity index (χ1n) is 8.94. The van der Waals surface area contributed by atoms with Gasteiger partial charge in [0.2, 0.25) is 0 Å². The van der Waals surface area contributed by atoms with Crippen LogP contribution < -0.4 is 0 Å². The highest BCUT2D eigenvalue weighted by Gasteiger charge is 2.28.